The van der Waals surface area contributed by atoms with E-state index in [-0.39, 0.29) is 13.1 Å². The lowest BCUT2D eigenvalue weighted by molar-refractivity contribution is -0.153. The molecule has 6 nitrogen and oxygen atoms in total. The fourth-order valence-electron chi connectivity index (χ4n) is 1.58. The number of halogens is 1. The number of hydrogen-bond donors (Lipinski definition) is 0. The summed E-state index contributed by atoms with van der Waals surface area (Å²) in [5, 5.41) is 4.00. The van der Waals surface area contributed by atoms with E-state index < -0.39 is 17.2 Å². The van der Waals surface area contributed by atoms with E-state index in [2.05, 4.69) is 5.10 Å². The van der Waals surface area contributed by atoms with Crippen LogP contribution in [0.15, 0.2) is 35.4 Å². The molecule has 0 aliphatic carbocycles. The molecule has 0 bridgehead atoms. The number of imide groups is 1. The van der Waals surface area contributed by atoms with Crippen molar-refractivity contribution in [2.24, 2.45) is 5.10 Å². The summed E-state index contributed by atoms with van der Waals surface area (Å²) < 4.78 is 0. The fourth-order valence-corrected chi connectivity index (χ4v) is 1.74. The van der Waals surface area contributed by atoms with E-state index in [4.69, 9.17) is 11.6 Å². The lowest BCUT2D eigenvalue weighted by Crippen LogP contribution is -2.53. The number of hydrazone groups is 1. The largest absolute Gasteiger partial charge is 0.332 e. The molecule has 1 fully saturated rings. The third-order valence-electron chi connectivity index (χ3n) is 2.56. The minimum absolute atomic E-state index is 0.0407. The number of carbonyl (C=O) groups excluding carboxylic acids is 3. The van der Waals surface area contributed by atoms with Gasteiger partial charge >= 0.3 is 17.2 Å². The monoisotopic (exact) mass is 279 g/mol. The van der Waals surface area contributed by atoms with E-state index in [0.717, 1.165) is 10.6 Å². The van der Waals surface area contributed by atoms with E-state index in [1.165, 1.54) is 6.21 Å². The van der Waals surface area contributed by atoms with Crippen LogP contribution in [0.1, 0.15) is 5.56 Å². The van der Waals surface area contributed by atoms with Crippen LogP contribution >= 0.6 is 11.6 Å². The summed E-state index contributed by atoms with van der Waals surface area (Å²) in [6.45, 7) is 0.172. The van der Waals surface area contributed by atoms with Crippen LogP contribution in [0.4, 0.5) is 4.79 Å². The van der Waals surface area contributed by atoms with Crippen molar-refractivity contribution in [3.05, 3.63) is 35.9 Å². The van der Waals surface area contributed by atoms with Crippen LogP contribution in [0.25, 0.3) is 0 Å². The lowest BCUT2D eigenvalue weighted by atomic mass is 10.2. The lowest BCUT2D eigenvalue weighted by Gasteiger charge is -2.27. The average Bonchev–Trinajstić information content (AvgIpc) is 2.41. The van der Waals surface area contributed by atoms with Gasteiger partial charge in [-0.05, 0) is 17.2 Å². The maximum atomic E-state index is 11.7. The van der Waals surface area contributed by atoms with Gasteiger partial charge in [-0.3, -0.25) is 19.3 Å². The quantitative estimate of drug-likeness (QED) is 0.352. The Morgan fingerprint density at radius 3 is 2.47 bits per heavy atom. The van der Waals surface area contributed by atoms with Gasteiger partial charge in [0.1, 0.15) is 0 Å². The molecule has 0 saturated carbocycles. The highest BCUT2D eigenvalue weighted by molar-refractivity contribution is 6.65. The highest BCUT2D eigenvalue weighted by atomic mass is 35.5. The predicted octanol–water partition coefficient (Wildman–Crippen LogP) is 1.05. The van der Waals surface area contributed by atoms with E-state index in [1.807, 2.05) is 30.3 Å². The molecule has 0 unspecified atom stereocenters. The summed E-state index contributed by atoms with van der Waals surface area (Å²) in [5.41, 5.74) is 0.804. The van der Waals surface area contributed by atoms with E-state index in [1.54, 1.807) is 0 Å². The van der Waals surface area contributed by atoms with Crippen LogP contribution in [0.5, 0.6) is 0 Å². The molecule has 0 spiro atoms. The summed E-state index contributed by atoms with van der Waals surface area (Å²) in [4.78, 5) is 34.8. The molecule has 1 aromatic rings. The molecule has 2 rings (SSSR count). The van der Waals surface area contributed by atoms with Gasteiger partial charge in [0, 0.05) is 0 Å². The Balaban J connectivity index is 2.08. The summed E-state index contributed by atoms with van der Waals surface area (Å²) in [6.07, 6.45) is 1.48. The van der Waals surface area contributed by atoms with Crippen molar-refractivity contribution in [3.63, 3.8) is 0 Å². The molecule has 0 aromatic heterocycles. The maximum Gasteiger partial charge on any atom is 0.332 e. The Morgan fingerprint density at radius 1 is 1.16 bits per heavy atom. The minimum atomic E-state index is -0.962. The fraction of sp³-hybridized carbons (Fsp3) is 0.167. The number of amides is 3. The molecule has 1 saturated heterocycles. The molecule has 1 aromatic carbocycles. The summed E-state index contributed by atoms with van der Waals surface area (Å²) in [5.74, 6) is -1.83. The highest BCUT2D eigenvalue weighted by Crippen LogP contribution is 2.08. The van der Waals surface area contributed by atoms with Gasteiger partial charge in [0.25, 0.3) is 0 Å². The number of rotatable bonds is 2. The zero-order chi connectivity index (χ0) is 13.8. The first-order valence-corrected chi connectivity index (χ1v) is 5.89. The first-order chi connectivity index (χ1) is 9.09. The zero-order valence-corrected chi connectivity index (χ0v) is 10.6. The first-order valence-electron chi connectivity index (χ1n) is 5.51. The van der Waals surface area contributed by atoms with Crippen molar-refractivity contribution < 1.29 is 14.4 Å². The zero-order valence-electron chi connectivity index (χ0n) is 9.82. The van der Waals surface area contributed by atoms with Gasteiger partial charge in [-0.2, -0.15) is 5.10 Å². The molecule has 0 atom stereocenters. The molecular weight excluding hydrogens is 270 g/mol. The third-order valence-corrected chi connectivity index (χ3v) is 2.76. The van der Waals surface area contributed by atoms with Crippen LogP contribution in [0.3, 0.4) is 0 Å². The number of benzene rings is 1. The van der Waals surface area contributed by atoms with Gasteiger partial charge in [0.05, 0.1) is 19.3 Å². The maximum absolute atomic E-state index is 11.7. The molecule has 0 N–H and O–H groups in total. The second kappa shape index (κ2) is 5.62. The number of nitrogens with zero attached hydrogens (tertiary/aromatic N) is 3. The van der Waals surface area contributed by atoms with Gasteiger partial charge in [-0.1, -0.05) is 30.3 Å². The summed E-state index contributed by atoms with van der Waals surface area (Å²) in [6, 6.07) is 9.15. The minimum Gasteiger partial charge on any atom is -0.263 e. The molecule has 19 heavy (non-hydrogen) atoms. The SMILES string of the molecule is O=C1C(=O)N(C(=O)Cl)CCN1/N=C/c1ccccc1. The van der Waals surface area contributed by atoms with Gasteiger partial charge in [0.15, 0.2) is 0 Å². The van der Waals surface area contributed by atoms with Gasteiger partial charge < -0.3 is 0 Å². The van der Waals surface area contributed by atoms with Crippen LogP contribution in [0.2, 0.25) is 0 Å². The molecule has 3 amide bonds. The Kier molecular flexibility index (Phi) is 3.91. The van der Waals surface area contributed by atoms with Crippen molar-refractivity contribution in [3.8, 4) is 0 Å². The average molecular weight is 280 g/mol. The van der Waals surface area contributed by atoms with Crippen molar-refractivity contribution in [1.29, 1.82) is 0 Å². The molecular formula is C12H10ClN3O3. The number of carbonyl (C=O) groups is 3. The molecule has 0 radical (unpaired) electrons. The van der Waals surface area contributed by atoms with E-state index in [9.17, 15) is 14.4 Å². The van der Waals surface area contributed by atoms with Crippen LogP contribution in [-0.4, -0.2) is 46.4 Å². The smallest absolute Gasteiger partial charge is 0.263 e. The second-order valence-corrected chi connectivity index (χ2v) is 4.12. The van der Waals surface area contributed by atoms with Crippen molar-refractivity contribution >= 4 is 35.0 Å². The van der Waals surface area contributed by atoms with Gasteiger partial charge in [-0.15, -0.1) is 0 Å². The van der Waals surface area contributed by atoms with E-state index >= 15 is 0 Å². The van der Waals surface area contributed by atoms with Gasteiger partial charge in [0.2, 0.25) is 0 Å². The Labute approximate surface area is 114 Å². The van der Waals surface area contributed by atoms with Crippen LogP contribution in [0, 0.1) is 0 Å². The second-order valence-electron chi connectivity index (χ2n) is 3.79. The first kappa shape index (κ1) is 13.2. The topological polar surface area (TPSA) is 70.1 Å². The van der Waals surface area contributed by atoms with E-state index in [0.29, 0.717) is 4.90 Å². The Bertz CT molecular complexity index is 544. The number of hydrogen-bond acceptors (Lipinski definition) is 4. The standard InChI is InChI=1S/C12H10ClN3O3/c13-12(19)15-6-7-16(11(18)10(15)17)14-8-9-4-2-1-3-5-9/h1-5,8H,6-7H2/b14-8+. The van der Waals surface area contributed by atoms with Crippen LogP contribution in [-0.2, 0) is 9.59 Å². The summed E-state index contributed by atoms with van der Waals surface area (Å²) >= 11 is 5.19. The highest BCUT2D eigenvalue weighted by Gasteiger charge is 2.35. The third kappa shape index (κ3) is 2.97. The van der Waals surface area contributed by atoms with Crippen molar-refractivity contribution in [1.82, 2.24) is 9.91 Å². The molecule has 1 aliphatic heterocycles. The van der Waals surface area contributed by atoms with Gasteiger partial charge in [-0.25, -0.2) is 5.01 Å². The molecule has 1 aliphatic rings. The molecule has 1 heterocycles. The van der Waals surface area contributed by atoms with Crippen molar-refractivity contribution in [2.75, 3.05) is 13.1 Å². The van der Waals surface area contributed by atoms with Crippen LogP contribution < -0.4 is 0 Å². The van der Waals surface area contributed by atoms with Crippen molar-refractivity contribution in [2.45, 2.75) is 0 Å². The molecule has 7 heteroatoms. The Morgan fingerprint density at radius 2 is 1.84 bits per heavy atom. The number of piperazine rings is 1. The summed E-state index contributed by atoms with van der Waals surface area (Å²) in [7, 11) is 0. The predicted molar refractivity (Wildman–Crippen MR) is 68.7 cm³/mol. The Hall–Kier alpha value is -2.21. The normalized spacial score (nSPS) is 16.3. The molecule has 98 valence electrons.